The molecule has 1 aliphatic heterocycles. The van der Waals surface area contributed by atoms with Gasteiger partial charge < -0.3 is 4.90 Å². The molecule has 1 rings (SSSR count). The minimum atomic E-state index is -8.56. The Kier molecular flexibility index (Phi) is 6.79. The molecule has 0 aromatic carbocycles. The molecular formula is C13H8ClF16NO. The Balaban J connectivity index is 3.59. The summed E-state index contributed by atoms with van der Waals surface area (Å²) in [6.45, 7) is -1.59. The fraction of sp³-hybridized carbons (Fsp3) is 0.923. The molecule has 0 radical (unpaired) electrons. The molecule has 0 aromatic heterocycles. The lowest BCUT2D eigenvalue weighted by Gasteiger charge is -2.43. The first-order valence-electron chi connectivity index (χ1n) is 7.77. The normalized spacial score (nSPS) is 18.3. The molecule has 0 N–H and O–H groups in total. The summed E-state index contributed by atoms with van der Waals surface area (Å²) in [6, 6.07) is 0. The van der Waals surface area contributed by atoms with E-state index in [1.807, 2.05) is 0 Å². The number of alkyl halides is 17. The van der Waals surface area contributed by atoms with Crippen LogP contribution in [-0.4, -0.2) is 70.7 Å². The van der Waals surface area contributed by atoms with E-state index >= 15 is 0 Å². The van der Waals surface area contributed by atoms with Gasteiger partial charge in [-0.05, 0) is 24.4 Å². The largest absolute Gasteiger partial charge is 0.393 e. The first-order valence-corrected chi connectivity index (χ1v) is 8.15. The molecule has 32 heavy (non-hydrogen) atoms. The maximum Gasteiger partial charge on any atom is 0.393 e. The molecule has 2 nitrogen and oxygen atoms in total. The van der Waals surface area contributed by atoms with E-state index in [1.54, 1.807) is 0 Å². The summed E-state index contributed by atoms with van der Waals surface area (Å²) >= 11 is 3.41. The minimum absolute atomic E-state index is 0.161. The number of likely N-dealkylation sites (tertiary alicyclic amines) is 1. The number of hydrogen-bond acceptors (Lipinski definition) is 1. The van der Waals surface area contributed by atoms with Crippen LogP contribution >= 0.6 is 11.6 Å². The van der Waals surface area contributed by atoms with E-state index in [0.717, 1.165) is 0 Å². The van der Waals surface area contributed by atoms with Gasteiger partial charge in [-0.25, -0.2) is 0 Å². The first-order chi connectivity index (χ1) is 13.8. The van der Waals surface area contributed by atoms with Crippen molar-refractivity contribution >= 4 is 17.5 Å². The topological polar surface area (TPSA) is 20.3 Å². The van der Waals surface area contributed by atoms with Gasteiger partial charge in [0.05, 0.1) is 0 Å². The third kappa shape index (κ3) is 3.54. The van der Waals surface area contributed by atoms with E-state index in [0.29, 0.717) is 0 Å². The van der Waals surface area contributed by atoms with Gasteiger partial charge in [0.25, 0.3) is 5.91 Å². The van der Waals surface area contributed by atoms with Crippen LogP contribution in [0.4, 0.5) is 70.2 Å². The Labute approximate surface area is 171 Å². The molecule has 1 amide bonds. The lowest BCUT2D eigenvalue weighted by Crippen LogP contribution is -2.75. The number of amides is 1. The maximum atomic E-state index is 13.7. The highest BCUT2D eigenvalue weighted by molar-refractivity contribution is 6.22. The van der Waals surface area contributed by atoms with Crippen molar-refractivity contribution in [2.45, 2.75) is 59.7 Å². The van der Waals surface area contributed by atoms with Gasteiger partial charge in [-0.1, -0.05) is 0 Å². The average molecular weight is 534 g/mol. The van der Waals surface area contributed by atoms with Crippen LogP contribution in [0, 0.1) is 0 Å². The molecule has 19 heteroatoms. The molecule has 1 saturated heterocycles. The van der Waals surface area contributed by atoms with E-state index in [1.165, 1.54) is 0 Å². The van der Waals surface area contributed by atoms with E-state index in [9.17, 15) is 75.0 Å². The van der Waals surface area contributed by atoms with Gasteiger partial charge >= 0.3 is 46.8 Å². The third-order valence-electron chi connectivity index (χ3n) is 4.38. The van der Waals surface area contributed by atoms with Crippen LogP contribution in [0.2, 0.25) is 0 Å². The number of nitrogens with zero attached hydrogens (tertiary/aromatic N) is 1. The van der Waals surface area contributed by atoms with E-state index in [4.69, 9.17) is 0 Å². The van der Waals surface area contributed by atoms with E-state index in [-0.39, 0.29) is 17.7 Å². The predicted molar refractivity (Wildman–Crippen MR) is 71.2 cm³/mol. The third-order valence-corrected chi connectivity index (χ3v) is 4.62. The quantitative estimate of drug-likeness (QED) is 0.282. The van der Waals surface area contributed by atoms with Gasteiger partial charge in [-0.3, -0.25) is 4.79 Å². The van der Waals surface area contributed by atoms with Crippen LogP contribution in [0.15, 0.2) is 0 Å². The Bertz CT molecular complexity index is 724. The Hall–Kier alpha value is -1.36. The van der Waals surface area contributed by atoms with E-state index in [2.05, 4.69) is 11.6 Å². The monoisotopic (exact) mass is 533 g/mol. The fourth-order valence-corrected chi connectivity index (χ4v) is 2.54. The summed E-state index contributed by atoms with van der Waals surface area (Å²) in [5.74, 6) is -59.7. The molecule has 0 bridgehead atoms. The minimum Gasteiger partial charge on any atom is -0.337 e. The molecule has 1 fully saturated rings. The lowest BCUT2D eigenvalue weighted by molar-refractivity contribution is -0.446. The highest BCUT2D eigenvalue weighted by Gasteiger charge is 2.95. The van der Waals surface area contributed by atoms with Gasteiger partial charge in [0.2, 0.25) is 0 Å². The zero-order chi connectivity index (χ0) is 26.0. The summed E-state index contributed by atoms with van der Waals surface area (Å²) in [6.07, 6.45) is -0.322. The van der Waals surface area contributed by atoms with Gasteiger partial charge in [0.15, 0.2) is 0 Å². The van der Waals surface area contributed by atoms with Crippen molar-refractivity contribution in [1.82, 2.24) is 4.90 Å². The fourth-order valence-electron chi connectivity index (χ4n) is 2.42. The van der Waals surface area contributed by atoms with Gasteiger partial charge in [0, 0.05) is 13.1 Å². The van der Waals surface area contributed by atoms with Gasteiger partial charge in [0.1, 0.15) is 0 Å². The van der Waals surface area contributed by atoms with Gasteiger partial charge in [-0.15, -0.1) is 0 Å². The van der Waals surface area contributed by atoms with Crippen molar-refractivity contribution in [2.75, 3.05) is 13.1 Å². The van der Waals surface area contributed by atoms with Crippen molar-refractivity contribution < 1.29 is 75.0 Å². The summed E-state index contributed by atoms with van der Waals surface area (Å²) in [4.78, 5) is 11.1. The molecule has 0 saturated carbocycles. The Morgan fingerprint density at radius 3 is 1.12 bits per heavy atom. The summed E-state index contributed by atoms with van der Waals surface area (Å²) in [5.41, 5.74) is 0. The second-order valence-corrected chi connectivity index (χ2v) is 6.99. The van der Waals surface area contributed by atoms with Crippen molar-refractivity contribution in [3.8, 4) is 0 Å². The molecule has 0 aromatic rings. The van der Waals surface area contributed by atoms with Crippen LogP contribution in [-0.2, 0) is 4.79 Å². The molecular weight excluding hydrogens is 526 g/mol. The number of carbonyl (C=O) groups excluding carboxylic acids is 1. The van der Waals surface area contributed by atoms with Crippen molar-refractivity contribution in [3.05, 3.63) is 0 Å². The van der Waals surface area contributed by atoms with Crippen LogP contribution < -0.4 is 0 Å². The second-order valence-electron chi connectivity index (χ2n) is 6.52. The molecule has 0 unspecified atom stereocenters. The SMILES string of the molecule is O=C(N1CCCC1)C(F)(F)C(F)(F)C(F)(F)C(F)(F)C(F)(F)C(F)(F)C(F)(F)C(F)(F)Cl. The summed E-state index contributed by atoms with van der Waals surface area (Å²) in [7, 11) is 0. The molecule has 1 heterocycles. The zero-order valence-electron chi connectivity index (χ0n) is 14.6. The highest BCUT2D eigenvalue weighted by Crippen LogP contribution is 2.64. The highest BCUT2D eigenvalue weighted by atomic mass is 35.5. The Morgan fingerprint density at radius 1 is 0.531 bits per heavy atom. The average Bonchev–Trinajstić information content (AvgIpc) is 3.13. The smallest absolute Gasteiger partial charge is 0.337 e. The molecule has 0 spiro atoms. The molecule has 0 atom stereocenters. The standard InChI is InChI=1S/C13H8ClF16NO/c14-13(29,30)12(27,28)11(25,26)10(23,24)9(21,22)8(19,20)7(17,18)6(15,16)5(32)31-3-1-2-4-31/h1-4H2. The van der Waals surface area contributed by atoms with E-state index < -0.39 is 65.8 Å². The Morgan fingerprint density at radius 2 is 0.812 bits per heavy atom. The van der Waals surface area contributed by atoms with Crippen molar-refractivity contribution in [1.29, 1.82) is 0 Å². The molecule has 190 valence electrons. The van der Waals surface area contributed by atoms with Crippen LogP contribution in [0.5, 0.6) is 0 Å². The first kappa shape index (κ1) is 28.7. The second kappa shape index (κ2) is 7.58. The maximum absolute atomic E-state index is 13.7. The number of halogens is 17. The summed E-state index contributed by atoms with van der Waals surface area (Å²) < 4.78 is 213. The molecule has 1 aliphatic rings. The van der Waals surface area contributed by atoms with Crippen LogP contribution in [0.1, 0.15) is 12.8 Å². The van der Waals surface area contributed by atoms with Crippen LogP contribution in [0.25, 0.3) is 0 Å². The zero-order valence-corrected chi connectivity index (χ0v) is 15.4. The number of hydrogen-bond donors (Lipinski definition) is 0. The van der Waals surface area contributed by atoms with Crippen LogP contribution in [0.3, 0.4) is 0 Å². The van der Waals surface area contributed by atoms with Crippen molar-refractivity contribution in [3.63, 3.8) is 0 Å². The number of carbonyl (C=O) groups is 1. The molecule has 0 aliphatic carbocycles. The summed E-state index contributed by atoms with van der Waals surface area (Å²) in [5, 5.41) is -6.83. The predicted octanol–water partition coefficient (Wildman–Crippen LogP) is 5.89. The van der Waals surface area contributed by atoms with Gasteiger partial charge in [-0.2, -0.15) is 70.2 Å². The lowest BCUT2D eigenvalue weighted by atomic mass is 9.89. The number of rotatable bonds is 8. The van der Waals surface area contributed by atoms with Crippen molar-refractivity contribution in [2.24, 2.45) is 0 Å².